The average molecular weight is 390 g/mol. The molecular formula is C24H26N2O3. The van der Waals surface area contributed by atoms with Gasteiger partial charge in [0.2, 0.25) is 5.91 Å². The lowest BCUT2D eigenvalue weighted by Crippen LogP contribution is -2.27. The Kier molecular flexibility index (Phi) is 6.62. The first kappa shape index (κ1) is 20.6. The summed E-state index contributed by atoms with van der Waals surface area (Å²) in [4.78, 5) is 16.5. The van der Waals surface area contributed by atoms with Gasteiger partial charge in [-0.15, -0.1) is 0 Å². The lowest BCUT2D eigenvalue weighted by molar-refractivity contribution is -0.120. The van der Waals surface area contributed by atoms with Crippen LogP contribution in [0, 0.1) is 0 Å². The van der Waals surface area contributed by atoms with Gasteiger partial charge in [-0.25, -0.2) is 0 Å². The van der Waals surface area contributed by atoms with E-state index in [9.17, 15) is 9.90 Å². The van der Waals surface area contributed by atoms with Gasteiger partial charge in [0.1, 0.15) is 12.4 Å². The summed E-state index contributed by atoms with van der Waals surface area (Å²) in [6, 6.07) is 21.3. The number of rotatable bonds is 8. The smallest absolute Gasteiger partial charge is 0.226 e. The molecule has 0 atom stereocenters. The lowest BCUT2D eigenvalue weighted by Gasteiger charge is -2.17. The van der Waals surface area contributed by atoms with Crippen molar-refractivity contribution in [2.75, 3.05) is 6.61 Å². The molecule has 5 nitrogen and oxygen atoms in total. The summed E-state index contributed by atoms with van der Waals surface area (Å²) in [7, 11) is 0. The normalized spacial score (nSPS) is 11.1. The highest BCUT2D eigenvalue weighted by atomic mass is 16.5. The lowest BCUT2D eigenvalue weighted by atomic mass is 10.1. The molecular weight excluding hydrogens is 364 g/mol. The topological polar surface area (TPSA) is 71.5 Å². The molecule has 150 valence electrons. The molecule has 29 heavy (non-hydrogen) atoms. The van der Waals surface area contributed by atoms with Gasteiger partial charge in [0, 0.05) is 24.0 Å². The van der Waals surface area contributed by atoms with E-state index in [0.717, 1.165) is 22.4 Å². The van der Waals surface area contributed by atoms with Gasteiger partial charge < -0.3 is 15.2 Å². The molecule has 0 radical (unpaired) electrons. The third-order valence-corrected chi connectivity index (χ3v) is 4.28. The highest BCUT2D eigenvalue weighted by Crippen LogP contribution is 2.22. The number of pyridine rings is 1. The SMILES string of the molecule is CC(C)(O)COc1ccc(-c2ccc(CC(=O)NCc3ccccc3)nc2)cc1. The van der Waals surface area contributed by atoms with E-state index in [1.54, 1.807) is 20.0 Å². The maximum Gasteiger partial charge on any atom is 0.226 e. The predicted molar refractivity (Wildman–Crippen MR) is 113 cm³/mol. The van der Waals surface area contributed by atoms with Crippen LogP contribution in [0.5, 0.6) is 5.75 Å². The number of carbonyl (C=O) groups is 1. The quantitative estimate of drug-likeness (QED) is 0.614. The molecule has 1 heterocycles. The summed E-state index contributed by atoms with van der Waals surface area (Å²) in [6.45, 7) is 4.15. The maximum atomic E-state index is 12.1. The monoisotopic (exact) mass is 390 g/mol. The number of benzene rings is 2. The maximum absolute atomic E-state index is 12.1. The van der Waals surface area contributed by atoms with E-state index in [-0.39, 0.29) is 18.9 Å². The molecule has 2 N–H and O–H groups in total. The molecule has 0 fully saturated rings. The van der Waals surface area contributed by atoms with Crippen molar-refractivity contribution in [3.63, 3.8) is 0 Å². The van der Waals surface area contributed by atoms with Gasteiger partial charge in [0.25, 0.3) is 0 Å². The number of nitrogens with zero attached hydrogens (tertiary/aromatic N) is 1. The van der Waals surface area contributed by atoms with Crippen molar-refractivity contribution in [3.05, 3.63) is 84.2 Å². The van der Waals surface area contributed by atoms with E-state index in [1.807, 2.05) is 66.7 Å². The first-order valence-corrected chi connectivity index (χ1v) is 9.60. The predicted octanol–water partition coefficient (Wildman–Crippen LogP) is 3.76. The standard InChI is InChI=1S/C24H26N2O3/c1-24(2,28)17-29-22-12-9-19(10-13-22)20-8-11-21(25-16-20)14-23(27)26-15-18-6-4-3-5-7-18/h3-13,16,28H,14-15,17H2,1-2H3,(H,26,27). The van der Waals surface area contributed by atoms with Gasteiger partial charge >= 0.3 is 0 Å². The second-order valence-corrected chi connectivity index (χ2v) is 7.60. The van der Waals surface area contributed by atoms with Crippen LogP contribution in [0.2, 0.25) is 0 Å². The number of aliphatic hydroxyl groups is 1. The Hall–Kier alpha value is -3.18. The van der Waals surface area contributed by atoms with Gasteiger partial charge in [-0.05, 0) is 43.2 Å². The van der Waals surface area contributed by atoms with E-state index in [1.165, 1.54) is 0 Å². The van der Waals surface area contributed by atoms with Crippen LogP contribution in [0.4, 0.5) is 0 Å². The summed E-state index contributed by atoms with van der Waals surface area (Å²) in [5.74, 6) is 0.651. The molecule has 3 rings (SSSR count). The minimum Gasteiger partial charge on any atom is -0.491 e. The Bertz CT molecular complexity index is 915. The Labute approximate surface area is 171 Å². The fraction of sp³-hybridized carbons (Fsp3) is 0.250. The average Bonchev–Trinajstić information content (AvgIpc) is 2.72. The number of hydrogen-bond donors (Lipinski definition) is 2. The third kappa shape index (κ3) is 6.73. The fourth-order valence-corrected chi connectivity index (χ4v) is 2.73. The van der Waals surface area contributed by atoms with Crippen LogP contribution in [0.25, 0.3) is 11.1 Å². The second-order valence-electron chi connectivity index (χ2n) is 7.60. The van der Waals surface area contributed by atoms with Gasteiger partial charge in [-0.3, -0.25) is 9.78 Å². The van der Waals surface area contributed by atoms with Crippen molar-refractivity contribution in [2.45, 2.75) is 32.4 Å². The minimum absolute atomic E-state index is 0.0533. The van der Waals surface area contributed by atoms with Crippen LogP contribution >= 0.6 is 0 Å². The zero-order chi connectivity index (χ0) is 20.7. The summed E-state index contributed by atoms with van der Waals surface area (Å²) in [6.07, 6.45) is 2.02. The molecule has 0 bridgehead atoms. The molecule has 0 aliphatic rings. The molecule has 5 heteroatoms. The van der Waals surface area contributed by atoms with Crippen LogP contribution in [0.15, 0.2) is 72.9 Å². The Balaban J connectivity index is 1.53. The zero-order valence-corrected chi connectivity index (χ0v) is 16.8. The third-order valence-electron chi connectivity index (χ3n) is 4.28. The van der Waals surface area contributed by atoms with Gasteiger partial charge in [0.05, 0.1) is 12.0 Å². The largest absolute Gasteiger partial charge is 0.491 e. The van der Waals surface area contributed by atoms with E-state index < -0.39 is 5.60 Å². The molecule has 0 saturated heterocycles. The van der Waals surface area contributed by atoms with E-state index in [4.69, 9.17) is 4.74 Å². The van der Waals surface area contributed by atoms with Crippen molar-refractivity contribution in [1.29, 1.82) is 0 Å². The van der Waals surface area contributed by atoms with Gasteiger partial charge in [-0.2, -0.15) is 0 Å². The van der Waals surface area contributed by atoms with Gasteiger partial charge in [-0.1, -0.05) is 48.5 Å². The van der Waals surface area contributed by atoms with Crippen molar-refractivity contribution in [2.24, 2.45) is 0 Å². The summed E-state index contributed by atoms with van der Waals surface area (Å²) in [5.41, 5.74) is 2.90. The van der Waals surface area contributed by atoms with Crippen molar-refractivity contribution >= 4 is 5.91 Å². The van der Waals surface area contributed by atoms with Crippen LogP contribution in [0.3, 0.4) is 0 Å². The summed E-state index contributed by atoms with van der Waals surface area (Å²) >= 11 is 0. The van der Waals surface area contributed by atoms with Crippen LogP contribution in [0.1, 0.15) is 25.1 Å². The number of ether oxygens (including phenoxy) is 1. The molecule has 0 aliphatic heterocycles. The van der Waals surface area contributed by atoms with Crippen molar-refractivity contribution in [1.82, 2.24) is 10.3 Å². The number of carbonyl (C=O) groups excluding carboxylic acids is 1. The highest BCUT2D eigenvalue weighted by Gasteiger charge is 2.13. The summed E-state index contributed by atoms with van der Waals surface area (Å²) in [5, 5.41) is 12.6. The van der Waals surface area contributed by atoms with Crippen molar-refractivity contribution in [3.8, 4) is 16.9 Å². The number of amides is 1. The molecule has 0 aliphatic carbocycles. The minimum atomic E-state index is -0.869. The molecule has 1 aromatic heterocycles. The second kappa shape index (κ2) is 9.34. The van der Waals surface area contributed by atoms with Crippen LogP contribution in [-0.4, -0.2) is 28.2 Å². The molecule has 2 aromatic carbocycles. The Morgan fingerprint density at radius 1 is 1.00 bits per heavy atom. The van der Waals surface area contributed by atoms with E-state index >= 15 is 0 Å². The first-order chi connectivity index (χ1) is 13.9. The molecule has 3 aromatic rings. The van der Waals surface area contributed by atoms with Crippen molar-refractivity contribution < 1.29 is 14.6 Å². The van der Waals surface area contributed by atoms with E-state index in [0.29, 0.717) is 12.3 Å². The van der Waals surface area contributed by atoms with Crippen LogP contribution in [-0.2, 0) is 17.8 Å². The highest BCUT2D eigenvalue weighted by molar-refractivity contribution is 5.78. The molecule has 0 saturated carbocycles. The fourth-order valence-electron chi connectivity index (χ4n) is 2.73. The van der Waals surface area contributed by atoms with Gasteiger partial charge in [0.15, 0.2) is 0 Å². The molecule has 1 amide bonds. The number of aromatic nitrogens is 1. The number of hydrogen-bond acceptors (Lipinski definition) is 4. The molecule has 0 unspecified atom stereocenters. The first-order valence-electron chi connectivity index (χ1n) is 9.60. The van der Waals surface area contributed by atoms with E-state index in [2.05, 4.69) is 10.3 Å². The molecule has 0 spiro atoms. The number of nitrogens with one attached hydrogen (secondary N) is 1. The zero-order valence-electron chi connectivity index (χ0n) is 16.8. The Morgan fingerprint density at radius 2 is 1.69 bits per heavy atom. The summed E-state index contributed by atoms with van der Waals surface area (Å²) < 4.78 is 5.57. The Morgan fingerprint density at radius 3 is 2.31 bits per heavy atom. The van der Waals surface area contributed by atoms with Crippen LogP contribution < -0.4 is 10.1 Å².